The van der Waals surface area contributed by atoms with E-state index < -0.39 is 5.97 Å². The predicted molar refractivity (Wildman–Crippen MR) is 107 cm³/mol. The number of carbonyl (C=O) groups is 3. The molecule has 0 aliphatic rings. The second-order valence-corrected chi connectivity index (χ2v) is 7.59. The summed E-state index contributed by atoms with van der Waals surface area (Å²) in [5.74, 6) is -0.632. The Labute approximate surface area is 163 Å². The zero-order valence-electron chi connectivity index (χ0n) is 16.1. The first kappa shape index (κ1) is 20.8. The molecule has 0 saturated carbocycles. The number of benzene rings is 1. The van der Waals surface area contributed by atoms with E-state index in [9.17, 15) is 14.4 Å². The van der Waals surface area contributed by atoms with E-state index in [1.165, 1.54) is 18.7 Å². The van der Waals surface area contributed by atoms with Crippen LogP contribution < -0.4 is 5.32 Å². The third kappa shape index (κ3) is 5.01. The predicted octanol–water partition coefficient (Wildman–Crippen LogP) is 4.13. The molecule has 2 N–H and O–H groups in total. The minimum atomic E-state index is -0.420. The fraction of sp³-hybridized carbons (Fsp3) is 0.350. The molecule has 0 fully saturated rings. The van der Waals surface area contributed by atoms with Crippen molar-refractivity contribution < 1.29 is 19.1 Å². The second kappa shape index (κ2) is 8.90. The highest BCUT2D eigenvalue weighted by Crippen LogP contribution is 2.29. The van der Waals surface area contributed by atoms with Crippen molar-refractivity contribution in [3.63, 3.8) is 0 Å². The van der Waals surface area contributed by atoms with E-state index >= 15 is 0 Å². The van der Waals surface area contributed by atoms with Crippen LogP contribution in [0.3, 0.4) is 0 Å². The molecule has 1 amide bonds. The molecule has 0 spiro atoms. The lowest BCUT2D eigenvalue weighted by atomic mass is 10.1. The number of amides is 1. The molecule has 0 radical (unpaired) electrons. The van der Waals surface area contributed by atoms with Gasteiger partial charge in [0.2, 0.25) is 5.91 Å². The number of rotatable bonds is 7. The van der Waals surface area contributed by atoms with Crippen LogP contribution in [0.1, 0.15) is 52.9 Å². The number of esters is 1. The molecule has 0 aliphatic heterocycles. The van der Waals surface area contributed by atoms with Gasteiger partial charge in [-0.05, 0) is 57.5 Å². The van der Waals surface area contributed by atoms with Gasteiger partial charge in [-0.2, -0.15) is 0 Å². The van der Waals surface area contributed by atoms with Crippen molar-refractivity contribution in [2.24, 2.45) is 0 Å². The van der Waals surface area contributed by atoms with Crippen molar-refractivity contribution in [2.75, 3.05) is 11.9 Å². The Bertz CT molecular complexity index is 856. The molecule has 0 saturated heterocycles. The SMILES string of the molecule is CCOC(=O)c1c(C)[nH]c(C(=O)[C@@H](C)Sc2ccc(NC(C)=O)cc2)c1C. The lowest BCUT2D eigenvalue weighted by Gasteiger charge is -2.11. The number of hydrogen-bond donors (Lipinski definition) is 2. The number of nitrogens with one attached hydrogen (secondary N) is 2. The standard InChI is InChI=1S/C20H24N2O4S/c1-6-26-20(25)17-11(2)18(21-12(17)3)19(24)13(4)27-16-9-7-15(8-10-16)22-14(5)23/h7-10,13,21H,6H2,1-5H3,(H,22,23)/t13-/m1/s1. The highest BCUT2D eigenvalue weighted by Gasteiger charge is 2.26. The lowest BCUT2D eigenvalue weighted by Crippen LogP contribution is -2.15. The molecular formula is C20H24N2O4S. The molecule has 6 nitrogen and oxygen atoms in total. The van der Waals surface area contributed by atoms with Crippen molar-refractivity contribution in [1.29, 1.82) is 0 Å². The Morgan fingerprint density at radius 3 is 2.37 bits per heavy atom. The van der Waals surface area contributed by atoms with Crippen molar-refractivity contribution in [3.05, 3.63) is 46.8 Å². The van der Waals surface area contributed by atoms with Crippen molar-refractivity contribution >= 4 is 35.1 Å². The van der Waals surface area contributed by atoms with Crippen molar-refractivity contribution in [1.82, 2.24) is 4.98 Å². The van der Waals surface area contributed by atoms with Crippen LogP contribution in [0.15, 0.2) is 29.2 Å². The Balaban J connectivity index is 2.14. The van der Waals surface area contributed by atoms with Gasteiger partial charge < -0.3 is 15.0 Å². The molecule has 2 rings (SSSR count). The van der Waals surface area contributed by atoms with Gasteiger partial charge in [-0.15, -0.1) is 11.8 Å². The number of Topliss-reactive ketones (excluding diaryl/α,β-unsaturated/α-hetero) is 1. The van der Waals surface area contributed by atoms with E-state index in [0.717, 1.165) is 4.90 Å². The van der Waals surface area contributed by atoms with Gasteiger partial charge in [0.05, 0.1) is 23.1 Å². The first-order chi connectivity index (χ1) is 12.7. The van der Waals surface area contributed by atoms with E-state index in [0.29, 0.717) is 28.2 Å². The first-order valence-electron chi connectivity index (χ1n) is 8.69. The number of hydrogen-bond acceptors (Lipinski definition) is 5. The molecular weight excluding hydrogens is 364 g/mol. The Morgan fingerprint density at radius 1 is 1.19 bits per heavy atom. The zero-order valence-corrected chi connectivity index (χ0v) is 17.0. The number of H-pyrrole nitrogens is 1. The average Bonchev–Trinajstić information content (AvgIpc) is 2.90. The van der Waals surface area contributed by atoms with E-state index in [1.54, 1.807) is 32.9 Å². The van der Waals surface area contributed by atoms with Crippen LogP contribution in [0, 0.1) is 13.8 Å². The first-order valence-corrected chi connectivity index (χ1v) is 9.57. The summed E-state index contributed by atoms with van der Waals surface area (Å²) in [6.07, 6.45) is 0. The van der Waals surface area contributed by atoms with Gasteiger partial charge in [0.1, 0.15) is 0 Å². The Hall–Kier alpha value is -2.54. The van der Waals surface area contributed by atoms with Crippen LogP contribution in [0.25, 0.3) is 0 Å². The number of aryl methyl sites for hydroxylation is 1. The topological polar surface area (TPSA) is 88.3 Å². The normalized spacial score (nSPS) is 11.7. The van der Waals surface area contributed by atoms with Crippen LogP contribution >= 0.6 is 11.8 Å². The molecule has 0 unspecified atom stereocenters. The molecule has 0 bridgehead atoms. The minimum Gasteiger partial charge on any atom is -0.462 e. The molecule has 1 heterocycles. The monoisotopic (exact) mass is 388 g/mol. The third-order valence-electron chi connectivity index (χ3n) is 4.02. The average molecular weight is 388 g/mol. The van der Waals surface area contributed by atoms with Crippen LogP contribution in [-0.2, 0) is 9.53 Å². The summed E-state index contributed by atoms with van der Waals surface area (Å²) in [5.41, 5.74) is 2.82. The van der Waals surface area contributed by atoms with E-state index in [1.807, 2.05) is 19.1 Å². The number of carbonyl (C=O) groups excluding carboxylic acids is 3. The maximum atomic E-state index is 12.9. The highest BCUT2D eigenvalue weighted by molar-refractivity contribution is 8.00. The molecule has 2 aromatic rings. The molecule has 144 valence electrons. The van der Waals surface area contributed by atoms with E-state index in [-0.39, 0.29) is 23.5 Å². The third-order valence-corrected chi connectivity index (χ3v) is 5.13. The van der Waals surface area contributed by atoms with Gasteiger partial charge in [0.25, 0.3) is 0 Å². The Kier molecular flexibility index (Phi) is 6.85. The molecule has 27 heavy (non-hydrogen) atoms. The summed E-state index contributed by atoms with van der Waals surface area (Å²) in [7, 11) is 0. The minimum absolute atomic E-state index is 0.0814. The number of ketones is 1. The van der Waals surface area contributed by atoms with Gasteiger partial charge in [0, 0.05) is 23.2 Å². The van der Waals surface area contributed by atoms with E-state index in [2.05, 4.69) is 10.3 Å². The fourth-order valence-electron chi connectivity index (χ4n) is 2.79. The number of aromatic nitrogens is 1. The maximum Gasteiger partial charge on any atom is 0.340 e. The number of aromatic amines is 1. The van der Waals surface area contributed by atoms with Gasteiger partial charge in [0.15, 0.2) is 5.78 Å². The van der Waals surface area contributed by atoms with Crippen molar-refractivity contribution in [2.45, 2.75) is 44.8 Å². The number of anilines is 1. The van der Waals surface area contributed by atoms with Gasteiger partial charge in [-0.1, -0.05) is 0 Å². The smallest absolute Gasteiger partial charge is 0.340 e. The van der Waals surface area contributed by atoms with Crippen LogP contribution in [0.5, 0.6) is 0 Å². The quantitative estimate of drug-likeness (QED) is 0.423. The fourth-order valence-corrected chi connectivity index (χ4v) is 3.71. The largest absolute Gasteiger partial charge is 0.462 e. The van der Waals surface area contributed by atoms with Crippen LogP contribution in [-0.4, -0.2) is 34.5 Å². The summed E-state index contributed by atoms with van der Waals surface area (Å²) in [6.45, 7) is 8.82. The summed E-state index contributed by atoms with van der Waals surface area (Å²) in [5, 5.41) is 2.36. The van der Waals surface area contributed by atoms with Gasteiger partial charge in [-0.25, -0.2) is 4.79 Å². The second-order valence-electron chi connectivity index (χ2n) is 6.18. The van der Waals surface area contributed by atoms with Gasteiger partial charge in [-0.3, -0.25) is 9.59 Å². The maximum absolute atomic E-state index is 12.9. The lowest BCUT2D eigenvalue weighted by molar-refractivity contribution is -0.114. The molecule has 7 heteroatoms. The number of ether oxygens (including phenoxy) is 1. The summed E-state index contributed by atoms with van der Waals surface area (Å²) >= 11 is 1.42. The molecule has 1 aromatic heterocycles. The zero-order chi connectivity index (χ0) is 20.1. The summed E-state index contributed by atoms with van der Waals surface area (Å²) in [4.78, 5) is 40.0. The van der Waals surface area contributed by atoms with Crippen LogP contribution in [0.4, 0.5) is 5.69 Å². The molecule has 1 atom stereocenters. The highest BCUT2D eigenvalue weighted by atomic mass is 32.2. The molecule has 0 aliphatic carbocycles. The van der Waals surface area contributed by atoms with Crippen LogP contribution in [0.2, 0.25) is 0 Å². The van der Waals surface area contributed by atoms with Gasteiger partial charge >= 0.3 is 5.97 Å². The Morgan fingerprint density at radius 2 is 1.81 bits per heavy atom. The summed E-state index contributed by atoms with van der Waals surface area (Å²) < 4.78 is 5.07. The van der Waals surface area contributed by atoms with Crippen molar-refractivity contribution in [3.8, 4) is 0 Å². The summed E-state index contributed by atoms with van der Waals surface area (Å²) in [6, 6.07) is 7.31. The number of thioether (sulfide) groups is 1. The van der Waals surface area contributed by atoms with E-state index in [4.69, 9.17) is 4.74 Å². The molecule has 1 aromatic carbocycles.